The summed E-state index contributed by atoms with van der Waals surface area (Å²) >= 11 is 6.28. The normalized spacial score (nSPS) is 23.6. The zero-order chi connectivity index (χ0) is 18.6. The van der Waals surface area contributed by atoms with Crippen LogP contribution in [0.4, 0.5) is 0 Å². The van der Waals surface area contributed by atoms with Crippen molar-refractivity contribution in [3.8, 4) is 11.5 Å². The number of hydrogen-bond acceptors (Lipinski definition) is 5. The number of rotatable bonds is 1. The number of hydrogen-bond donors (Lipinski definition) is 1. The second-order valence-electron chi connectivity index (χ2n) is 7.66. The lowest BCUT2D eigenvalue weighted by Gasteiger charge is -2.50. The smallest absolute Gasteiger partial charge is 0.200 e. The standard InChI is InChI=1S/C21H22ClN3O2/c1-24-10-8-21(9-11-24)25-18(16-12-14(22)6-7-20(16)27-21)13-17(23-25)15-4-2-3-5-19(15)26/h2-7,12,18,26H,8-11,13H2,1H3. The van der Waals surface area contributed by atoms with Crippen molar-refractivity contribution >= 4 is 17.3 Å². The molecule has 0 aliphatic carbocycles. The van der Waals surface area contributed by atoms with Crippen molar-refractivity contribution in [3.05, 3.63) is 58.6 Å². The van der Waals surface area contributed by atoms with Gasteiger partial charge in [-0.15, -0.1) is 0 Å². The molecule has 1 unspecified atom stereocenters. The number of ether oxygens (including phenoxy) is 1. The third-order valence-electron chi connectivity index (χ3n) is 5.94. The summed E-state index contributed by atoms with van der Waals surface area (Å²) in [7, 11) is 2.14. The number of hydrazone groups is 1. The Hall–Kier alpha value is -2.24. The number of para-hydroxylation sites is 1. The molecule has 27 heavy (non-hydrogen) atoms. The Morgan fingerprint density at radius 3 is 2.74 bits per heavy atom. The van der Waals surface area contributed by atoms with Crippen LogP contribution in [0, 0.1) is 0 Å². The molecule has 1 atom stereocenters. The minimum absolute atomic E-state index is 0.0745. The van der Waals surface area contributed by atoms with Gasteiger partial charge < -0.3 is 14.7 Å². The predicted molar refractivity (Wildman–Crippen MR) is 105 cm³/mol. The fourth-order valence-electron chi connectivity index (χ4n) is 4.43. The van der Waals surface area contributed by atoms with Crippen molar-refractivity contribution in [1.82, 2.24) is 9.91 Å². The van der Waals surface area contributed by atoms with Gasteiger partial charge in [0, 0.05) is 48.5 Å². The van der Waals surface area contributed by atoms with Crippen LogP contribution in [0.3, 0.4) is 0 Å². The third-order valence-corrected chi connectivity index (χ3v) is 6.18. The molecule has 5 nitrogen and oxygen atoms in total. The highest BCUT2D eigenvalue weighted by Crippen LogP contribution is 2.50. The van der Waals surface area contributed by atoms with E-state index in [4.69, 9.17) is 21.4 Å². The Balaban J connectivity index is 1.61. The van der Waals surface area contributed by atoms with E-state index in [-0.39, 0.29) is 11.8 Å². The number of phenolic OH excluding ortho intramolecular Hbond substituents is 1. The lowest BCUT2D eigenvalue weighted by Crippen LogP contribution is -2.58. The van der Waals surface area contributed by atoms with Crippen LogP contribution in [-0.2, 0) is 0 Å². The van der Waals surface area contributed by atoms with E-state index in [2.05, 4.69) is 17.0 Å². The summed E-state index contributed by atoms with van der Waals surface area (Å²) in [4.78, 5) is 2.32. The van der Waals surface area contributed by atoms with Crippen LogP contribution in [0.2, 0.25) is 5.02 Å². The second kappa shape index (κ2) is 6.14. The highest BCUT2D eigenvalue weighted by atomic mass is 35.5. The molecule has 0 radical (unpaired) electrons. The Bertz CT molecular complexity index is 921. The van der Waals surface area contributed by atoms with Gasteiger partial charge >= 0.3 is 0 Å². The molecule has 1 saturated heterocycles. The first kappa shape index (κ1) is 16.9. The summed E-state index contributed by atoms with van der Waals surface area (Å²) in [6.07, 6.45) is 2.51. The van der Waals surface area contributed by atoms with Crippen LogP contribution in [0.5, 0.6) is 11.5 Å². The van der Waals surface area contributed by atoms with Gasteiger partial charge in [0.15, 0.2) is 0 Å². The Kier molecular flexibility index (Phi) is 3.85. The number of fused-ring (bicyclic) bond motifs is 4. The van der Waals surface area contributed by atoms with Gasteiger partial charge in [-0.05, 0) is 37.4 Å². The van der Waals surface area contributed by atoms with Gasteiger partial charge in [-0.1, -0.05) is 23.7 Å². The SMILES string of the molecule is CN1CCC2(CC1)Oc1ccc(Cl)cc1C1CC(c3ccccc3O)=NN12. The molecule has 0 amide bonds. The van der Waals surface area contributed by atoms with Gasteiger partial charge in [-0.3, -0.25) is 0 Å². The Labute approximate surface area is 163 Å². The molecule has 0 bridgehead atoms. The van der Waals surface area contributed by atoms with Gasteiger partial charge in [-0.2, -0.15) is 5.10 Å². The Morgan fingerprint density at radius 1 is 1.19 bits per heavy atom. The molecule has 1 spiro atoms. The van der Waals surface area contributed by atoms with Gasteiger partial charge in [0.05, 0.1) is 11.8 Å². The summed E-state index contributed by atoms with van der Waals surface area (Å²) in [5.74, 6) is 1.17. The largest absolute Gasteiger partial charge is 0.507 e. The first-order valence-corrected chi connectivity index (χ1v) is 9.76. The lowest BCUT2D eigenvalue weighted by molar-refractivity contribution is -0.147. The highest BCUT2D eigenvalue weighted by molar-refractivity contribution is 6.30. The fourth-order valence-corrected chi connectivity index (χ4v) is 4.61. The fraction of sp³-hybridized carbons (Fsp3) is 0.381. The number of phenols is 1. The molecule has 0 saturated carbocycles. The maximum atomic E-state index is 10.3. The molecule has 6 heteroatoms. The quantitative estimate of drug-likeness (QED) is 0.808. The van der Waals surface area contributed by atoms with Gasteiger partial charge in [0.2, 0.25) is 5.72 Å². The van der Waals surface area contributed by atoms with E-state index in [9.17, 15) is 5.11 Å². The first-order chi connectivity index (χ1) is 13.1. The highest BCUT2D eigenvalue weighted by Gasteiger charge is 2.51. The summed E-state index contributed by atoms with van der Waals surface area (Å²) in [6.45, 7) is 1.93. The van der Waals surface area contributed by atoms with Crippen LogP contribution in [0.15, 0.2) is 47.6 Å². The Morgan fingerprint density at radius 2 is 1.96 bits per heavy atom. The number of aromatic hydroxyl groups is 1. The van der Waals surface area contributed by atoms with Gasteiger partial charge in [0.1, 0.15) is 11.5 Å². The third kappa shape index (κ3) is 2.68. The number of halogens is 1. The van der Waals surface area contributed by atoms with Crippen molar-refractivity contribution in [1.29, 1.82) is 0 Å². The maximum absolute atomic E-state index is 10.3. The average Bonchev–Trinajstić information content (AvgIpc) is 3.12. The summed E-state index contributed by atoms with van der Waals surface area (Å²) in [6, 6.07) is 13.3. The van der Waals surface area contributed by atoms with E-state index >= 15 is 0 Å². The van der Waals surface area contributed by atoms with Crippen molar-refractivity contribution in [2.45, 2.75) is 31.0 Å². The van der Waals surface area contributed by atoms with Crippen molar-refractivity contribution < 1.29 is 9.84 Å². The van der Waals surface area contributed by atoms with Crippen LogP contribution in [0.25, 0.3) is 0 Å². The predicted octanol–water partition coefficient (Wildman–Crippen LogP) is 4.01. The lowest BCUT2D eigenvalue weighted by atomic mass is 9.91. The second-order valence-corrected chi connectivity index (χ2v) is 8.10. The van der Waals surface area contributed by atoms with Crippen LogP contribution >= 0.6 is 11.6 Å². The number of benzene rings is 2. The molecule has 140 valence electrons. The van der Waals surface area contributed by atoms with Crippen molar-refractivity contribution in [3.63, 3.8) is 0 Å². The molecule has 5 rings (SSSR count). The topological polar surface area (TPSA) is 48.3 Å². The molecule has 1 fully saturated rings. The van der Waals surface area contributed by atoms with E-state index in [1.54, 1.807) is 6.07 Å². The first-order valence-electron chi connectivity index (χ1n) is 9.38. The molecule has 3 aliphatic rings. The van der Waals surface area contributed by atoms with Crippen LogP contribution in [0.1, 0.15) is 36.4 Å². The van der Waals surface area contributed by atoms with Gasteiger partial charge in [-0.25, -0.2) is 5.01 Å². The van der Waals surface area contributed by atoms with E-state index < -0.39 is 5.72 Å². The van der Waals surface area contributed by atoms with E-state index in [1.807, 2.05) is 36.4 Å². The minimum Gasteiger partial charge on any atom is -0.507 e. The molecule has 2 aromatic carbocycles. The molecule has 2 aromatic rings. The molecular weight excluding hydrogens is 362 g/mol. The zero-order valence-electron chi connectivity index (χ0n) is 15.2. The van der Waals surface area contributed by atoms with Crippen molar-refractivity contribution in [2.75, 3.05) is 20.1 Å². The zero-order valence-corrected chi connectivity index (χ0v) is 16.0. The molecule has 0 aromatic heterocycles. The molecule has 3 aliphatic heterocycles. The summed E-state index contributed by atoms with van der Waals surface area (Å²) in [5, 5.41) is 18.1. The maximum Gasteiger partial charge on any atom is 0.200 e. The summed E-state index contributed by atoms with van der Waals surface area (Å²) in [5.41, 5.74) is 2.32. The number of likely N-dealkylation sites (tertiary alicyclic amines) is 1. The van der Waals surface area contributed by atoms with E-state index in [1.165, 1.54) is 0 Å². The van der Waals surface area contributed by atoms with Crippen LogP contribution in [-0.4, -0.2) is 46.6 Å². The molecule has 3 heterocycles. The van der Waals surface area contributed by atoms with E-state index in [0.29, 0.717) is 5.02 Å². The van der Waals surface area contributed by atoms with Gasteiger partial charge in [0.25, 0.3) is 0 Å². The summed E-state index contributed by atoms with van der Waals surface area (Å²) < 4.78 is 6.56. The van der Waals surface area contributed by atoms with E-state index in [0.717, 1.165) is 54.9 Å². The number of nitrogens with zero attached hydrogens (tertiary/aromatic N) is 3. The monoisotopic (exact) mass is 383 g/mol. The number of piperidine rings is 1. The minimum atomic E-state index is -0.440. The average molecular weight is 384 g/mol. The molecular formula is C21H22ClN3O2. The van der Waals surface area contributed by atoms with Crippen LogP contribution < -0.4 is 4.74 Å². The van der Waals surface area contributed by atoms with Crippen molar-refractivity contribution in [2.24, 2.45) is 5.10 Å². The molecule has 1 N–H and O–H groups in total.